The predicted molar refractivity (Wildman–Crippen MR) is 76.6 cm³/mol. The molecule has 1 heterocycles. The lowest BCUT2D eigenvalue weighted by Crippen LogP contribution is -2.26. The van der Waals surface area contributed by atoms with Gasteiger partial charge in [0.25, 0.3) is 0 Å². The molecule has 20 heavy (non-hydrogen) atoms. The lowest BCUT2D eigenvalue weighted by Gasteiger charge is -2.24. The normalized spacial score (nSPS) is 14.0. The van der Waals surface area contributed by atoms with Crippen molar-refractivity contribution in [2.24, 2.45) is 0 Å². The van der Waals surface area contributed by atoms with E-state index in [1.54, 1.807) is 14.0 Å². The zero-order chi connectivity index (χ0) is 14.6. The first-order valence-corrected chi connectivity index (χ1v) is 6.80. The summed E-state index contributed by atoms with van der Waals surface area (Å²) in [7, 11) is 1.62. The van der Waals surface area contributed by atoms with Crippen molar-refractivity contribution in [2.75, 3.05) is 7.11 Å². The molecule has 0 aliphatic rings. The minimum absolute atomic E-state index is 0.417. The maximum atomic E-state index is 10.7. The van der Waals surface area contributed by atoms with Crippen LogP contribution in [0.3, 0.4) is 0 Å². The highest BCUT2D eigenvalue weighted by Gasteiger charge is 2.26. The van der Waals surface area contributed by atoms with E-state index in [4.69, 9.17) is 4.74 Å². The van der Waals surface area contributed by atoms with E-state index in [-0.39, 0.29) is 0 Å². The Hall–Kier alpha value is -1.88. The van der Waals surface area contributed by atoms with Crippen LogP contribution in [0.25, 0.3) is 0 Å². The van der Waals surface area contributed by atoms with Crippen LogP contribution in [-0.2, 0) is 18.6 Å². The van der Waals surface area contributed by atoms with Crippen LogP contribution in [0, 0.1) is 0 Å². The Morgan fingerprint density at radius 1 is 1.40 bits per heavy atom. The quantitative estimate of drug-likeness (QED) is 0.877. The van der Waals surface area contributed by atoms with Crippen LogP contribution in [0.2, 0.25) is 0 Å². The minimum atomic E-state index is -1.01. The number of benzene rings is 1. The number of rotatable bonds is 6. The third-order valence-corrected chi connectivity index (χ3v) is 3.33. The zero-order valence-electron chi connectivity index (χ0n) is 12.2. The summed E-state index contributed by atoms with van der Waals surface area (Å²) in [5, 5.41) is 14.9. The number of nitrogens with zero attached hydrogens (tertiary/aromatic N) is 3. The summed E-state index contributed by atoms with van der Waals surface area (Å²) in [4.78, 5) is 4.25. The van der Waals surface area contributed by atoms with Gasteiger partial charge in [0, 0.05) is 13.0 Å². The van der Waals surface area contributed by atoms with E-state index in [2.05, 4.69) is 17.0 Å². The van der Waals surface area contributed by atoms with Crippen LogP contribution in [-0.4, -0.2) is 27.0 Å². The van der Waals surface area contributed by atoms with E-state index >= 15 is 0 Å². The average Bonchev–Trinajstić information content (AvgIpc) is 2.86. The van der Waals surface area contributed by atoms with E-state index in [1.165, 1.54) is 6.33 Å². The van der Waals surface area contributed by atoms with Gasteiger partial charge in [-0.05, 0) is 31.0 Å². The van der Waals surface area contributed by atoms with Gasteiger partial charge in [-0.3, -0.25) is 0 Å². The second kappa shape index (κ2) is 6.05. The molecule has 1 N–H and O–H groups in total. The molecule has 1 unspecified atom stereocenters. The fourth-order valence-electron chi connectivity index (χ4n) is 2.19. The molecular weight excluding hydrogens is 254 g/mol. The molecule has 1 aromatic heterocycles. The van der Waals surface area contributed by atoms with Gasteiger partial charge < -0.3 is 9.84 Å². The maximum absolute atomic E-state index is 10.7. The van der Waals surface area contributed by atoms with Crippen molar-refractivity contribution in [2.45, 2.75) is 38.8 Å². The number of hydrogen-bond acceptors (Lipinski definition) is 4. The monoisotopic (exact) mass is 275 g/mol. The van der Waals surface area contributed by atoms with Gasteiger partial charge in [-0.2, -0.15) is 5.10 Å². The molecule has 1 atom stereocenters. The zero-order valence-corrected chi connectivity index (χ0v) is 12.2. The Labute approximate surface area is 119 Å². The molecule has 0 saturated heterocycles. The molecule has 0 amide bonds. The summed E-state index contributed by atoms with van der Waals surface area (Å²) in [6, 6.07) is 7.47. The summed E-state index contributed by atoms with van der Waals surface area (Å²) in [5.74, 6) is 1.53. The Morgan fingerprint density at radius 3 is 2.90 bits per heavy atom. The molecule has 2 aromatic rings. The lowest BCUT2D eigenvalue weighted by atomic mass is 9.92. The average molecular weight is 275 g/mol. The largest absolute Gasteiger partial charge is 0.497 e. The van der Waals surface area contributed by atoms with Gasteiger partial charge in [-0.1, -0.05) is 19.1 Å². The van der Waals surface area contributed by atoms with Crippen molar-refractivity contribution in [3.8, 4) is 5.75 Å². The molecule has 5 heteroatoms. The standard InChI is InChI=1S/C15H21N3O2/c1-4-8-18-14(16-11-17-18)10-15(2,19)12-6-5-7-13(9-12)20-3/h5-7,9,11,19H,4,8,10H2,1-3H3. The van der Waals surface area contributed by atoms with E-state index < -0.39 is 5.60 Å². The highest BCUT2D eigenvalue weighted by atomic mass is 16.5. The summed E-state index contributed by atoms with van der Waals surface area (Å²) in [5.41, 5.74) is -0.199. The molecule has 0 aliphatic heterocycles. The van der Waals surface area contributed by atoms with Gasteiger partial charge in [0.2, 0.25) is 0 Å². The summed E-state index contributed by atoms with van der Waals surface area (Å²) in [6.45, 7) is 4.68. The van der Waals surface area contributed by atoms with Crippen molar-refractivity contribution < 1.29 is 9.84 Å². The molecule has 0 aliphatic carbocycles. The minimum Gasteiger partial charge on any atom is -0.497 e. The second-order valence-electron chi connectivity index (χ2n) is 5.08. The Kier molecular flexibility index (Phi) is 4.39. The Morgan fingerprint density at radius 2 is 2.20 bits per heavy atom. The highest BCUT2D eigenvalue weighted by Crippen LogP contribution is 2.27. The van der Waals surface area contributed by atoms with Crippen molar-refractivity contribution in [1.29, 1.82) is 0 Å². The first kappa shape index (κ1) is 14.5. The smallest absolute Gasteiger partial charge is 0.138 e. The summed E-state index contributed by atoms with van der Waals surface area (Å²) >= 11 is 0. The van der Waals surface area contributed by atoms with Crippen LogP contribution < -0.4 is 4.74 Å². The molecule has 2 rings (SSSR count). The molecule has 0 saturated carbocycles. The van der Waals surface area contributed by atoms with Crippen LogP contribution >= 0.6 is 0 Å². The van der Waals surface area contributed by atoms with Crippen molar-refractivity contribution in [1.82, 2.24) is 14.8 Å². The first-order chi connectivity index (χ1) is 9.56. The molecule has 5 nitrogen and oxygen atoms in total. The number of aliphatic hydroxyl groups is 1. The fourth-order valence-corrected chi connectivity index (χ4v) is 2.19. The van der Waals surface area contributed by atoms with Gasteiger partial charge in [0.05, 0.1) is 12.7 Å². The molecule has 0 bridgehead atoms. The van der Waals surface area contributed by atoms with Gasteiger partial charge in [0.15, 0.2) is 0 Å². The number of hydrogen-bond donors (Lipinski definition) is 1. The van der Waals surface area contributed by atoms with Crippen LogP contribution in [0.5, 0.6) is 5.75 Å². The van der Waals surface area contributed by atoms with E-state index in [1.807, 2.05) is 28.9 Å². The summed E-state index contributed by atoms with van der Waals surface area (Å²) in [6.07, 6.45) is 2.94. The van der Waals surface area contributed by atoms with Crippen LogP contribution in [0.4, 0.5) is 0 Å². The number of aryl methyl sites for hydroxylation is 1. The Bertz CT molecular complexity index is 564. The maximum Gasteiger partial charge on any atom is 0.138 e. The van der Waals surface area contributed by atoms with Crippen molar-refractivity contribution >= 4 is 0 Å². The van der Waals surface area contributed by atoms with E-state index in [9.17, 15) is 5.11 Å². The Balaban J connectivity index is 2.23. The second-order valence-corrected chi connectivity index (χ2v) is 5.08. The topological polar surface area (TPSA) is 60.2 Å². The SMILES string of the molecule is CCCn1ncnc1CC(C)(O)c1cccc(OC)c1. The van der Waals surface area contributed by atoms with Gasteiger partial charge in [-0.15, -0.1) is 0 Å². The molecule has 0 spiro atoms. The van der Waals surface area contributed by atoms with Crippen molar-refractivity contribution in [3.63, 3.8) is 0 Å². The molecule has 108 valence electrons. The third kappa shape index (κ3) is 3.17. The number of methoxy groups -OCH3 is 1. The highest BCUT2D eigenvalue weighted by molar-refractivity contribution is 5.32. The molecular formula is C15H21N3O2. The fraction of sp³-hybridized carbons (Fsp3) is 0.467. The van der Waals surface area contributed by atoms with E-state index in [0.29, 0.717) is 6.42 Å². The summed E-state index contributed by atoms with van der Waals surface area (Å²) < 4.78 is 7.05. The number of ether oxygens (including phenoxy) is 1. The molecule has 0 radical (unpaired) electrons. The first-order valence-electron chi connectivity index (χ1n) is 6.80. The van der Waals surface area contributed by atoms with Gasteiger partial charge in [0.1, 0.15) is 17.9 Å². The van der Waals surface area contributed by atoms with Gasteiger partial charge >= 0.3 is 0 Å². The van der Waals surface area contributed by atoms with Gasteiger partial charge in [-0.25, -0.2) is 9.67 Å². The predicted octanol–water partition coefficient (Wildman–Crippen LogP) is 2.15. The lowest BCUT2D eigenvalue weighted by molar-refractivity contribution is 0.0540. The van der Waals surface area contributed by atoms with Crippen LogP contribution in [0.15, 0.2) is 30.6 Å². The number of aromatic nitrogens is 3. The molecule has 1 aromatic carbocycles. The third-order valence-electron chi connectivity index (χ3n) is 3.33. The van der Waals surface area contributed by atoms with E-state index in [0.717, 1.165) is 30.1 Å². The van der Waals surface area contributed by atoms with Crippen molar-refractivity contribution in [3.05, 3.63) is 42.0 Å². The van der Waals surface area contributed by atoms with Crippen LogP contribution in [0.1, 0.15) is 31.7 Å². The molecule has 0 fully saturated rings.